The summed E-state index contributed by atoms with van der Waals surface area (Å²) in [6, 6.07) is 26.6. The molecule has 3 aromatic carbocycles. The highest BCUT2D eigenvalue weighted by molar-refractivity contribution is 6.37. The van der Waals surface area contributed by atoms with Gasteiger partial charge < -0.3 is 15.0 Å². The number of para-hydroxylation sites is 1. The summed E-state index contributed by atoms with van der Waals surface area (Å²) in [4.78, 5) is 38.8. The van der Waals surface area contributed by atoms with Crippen LogP contribution in [0.2, 0.25) is 0 Å². The third-order valence-corrected chi connectivity index (χ3v) is 5.82. The average molecular weight is 485 g/mol. The molecule has 0 bridgehead atoms. The van der Waals surface area contributed by atoms with Crippen molar-refractivity contribution < 1.29 is 19.1 Å². The van der Waals surface area contributed by atoms with Gasteiger partial charge in [0, 0.05) is 19.2 Å². The fourth-order valence-corrected chi connectivity index (χ4v) is 3.85. The molecule has 1 unspecified atom stereocenters. The highest BCUT2D eigenvalue weighted by Crippen LogP contribution is 2.35. The van der Waals surface area contributed by atoms with Crippen molar-refractivity contribution in [1.82, 2.24) is 4.90 Å². The van der Waals surface area contributed by atoms with Crippen molar-refractivity contribution in [2.24, 2.45) is 5.10 Å². The zero-order chi connectivity index (χ0) is 25.5. The van der Waals surface area contributed by atoms with Crippen molar-refractivity contribution in [3.05, 3.63) is 96.1 Å². The van der Waals surface area contributed by atoms with Gasteiger partial charge >= 0.3 is 5.97 Å². The van der Waals surface area contributed by atoms with Crippen LogP contribution in [-0.2, 0) is 19.1 Å². The summed E-state index contributed by atoms with van der Waals surface area (Å²) in [6.07, 6.45) is 0.348. The predicted molar refractivity (Wildman–Crippen MR) is 139 cm³/mol. The molecule has 1 heterocycles. The standard InChI is InChI=1S/C28H28N4O4/c1-20-13-15-22(16-14-20)29-26(33)18-31(2)27(34)19-36-28(35)24-17-25(21-9-5-3-6-10-21)32(30-24)23-11-7-4-8-12-23/h3-16,25H,17-19H2,1-2H3,(H,29,33). The Kier molecular flexibility index (Phi) is 7.75. The van der Waals surface area contributed by atoms with Crippen LogP contribution < -0.4 is 10.3 Å². The zero-order valence-corrected chi connectivity index (χ0v) is 20.3. The lowest BCUT2D eigenvalue weighted by Crippen LogP contribution is -2.37. The first-order chi connectivity index (χ1) is 17.4. The van der Waals surface area contributed by atoms with Crippen LogP contribution in [0.25, 0.3) is 0 Å². The van der Waals surface area contributed by atoms with E-state index in [2.05, 4.69) is 10.4 Å². The van der Waals surface area contributed by atoms with E-state index in [9.17, 15) is 14.4 Å². The maximum absolute atomic E-state index is 12.8. The molecule has 184 valence electrons. The molecule has 0 saturated heterocycles. The van der Waals surface area contributed by atoms with E-state index in [1.165, 1.54) is 11.9 Å². The number of esters is 1. The Morgan fingerprint density at radius 3 is 2.28 bits per heavy atom. The number of likely N-dealkylation sites (N-methyl/N-ethyl adjacent to an activating group) is 1. The minimum absolute atomic E-state index is 0.164. The number of aryl methyl sites for hydroxylation is 1. The van der Waals surface area contributed by atoms with E-state index in [0.717, 1.165) is 16.8 Å². The smallest absolute Gasteiger partial charge is 0.355 e. The molecule has 0 aliphatic carbocycles. The van der Waals surface area contributed by atoms with Gasteiger partial charge in [-0.2, -0.15) is 5.10 Å². The van der Waals surface area contributed by atoms with Crippen molar-refractivity contribution in [3.63, 3.8) is 0 Å². The molecule has 1 N–H and O–H groups in total. The van der Waals surface area contributed by atoms with E-state index in [1.54, 1.807) is 17.1 Å². The van der Waals surface area contributed by atoms with Gasteiger partial charge in [-0.3, -0.25) is 14.6 Å². The van der Waals surface area contributed by atoms with E-state index in [-0.39, 0.29) is 24.2 Å². The van der Waals surface area contributed by atoms with Crippen LogP contribution in [0, 0.1) is 6.92 Å². The second kappa shape index (κ2) is 11.3. The number of nitrogens with zero attached hydrogens (tertiary/aromatic N) is 3. The number of hydrogen-bond donors (Lipinski definition) is 1. The fraction of sp³-hybridized carbons (Fsp3) is 0.214. The van der Waals surface area contributed by atoms with Crippen molar-refractivity contribution >= 4 is 34.9 Å². The predicted octanol–water partition coefficient (Wildman–Crippen LogP) is 3.94. The molecule has 0 spiro atoms. The third-order valence-electron chi connectivity index (χ3n) is 5.82. The van der Waals surface area contributed by atoms with E-state index in [1.807, 2.05) is 79.7 Å². The number of hydrogen-bond acceptors (Lipinski definition) is 6. The van der Waals surface area contributed by atoms with Crippen molar-refractivity contribution in [1.29, 1.82) is 0 Å². The van der Waals surface area contributed by atoms with Crippen molar-refractivity contribution in [2.45, 2.75) is 19.4 Å². The number of anilines is 2. The number of carbonyl (C=O) groups excluding carboxylic acids is 3. The molecule has 0 saturated carbocycles. The Morgan fingerprint density at radius 2 is 1.61 bits per heavy atom. The number of carbonyl (C=O) groups is 3. The van der Waals surface area contributed by atoms with E-state index in [4.69, 9.17) is 4.74 Å². The SMILES string of the molecule is Cc1ccc(NC(=O)CN(C)C(=O)COC(=O)C2=NN(c3ccccc3)C(c3ccccc3)C2)cc1. The Balaban J connectivity index is 1.34. The van der Waals surface area contributed by atoms with E-state index < -0.39 is 18.5 Å². The minimum Gasteiger partial charge on any atom is -0.451 e. The maximum Gasteiger partial charge on any atom is 0.355 e. The topological polar surface area (TPSA) is 91.3 Å². The normalized spacial score (nSPS) is 14.7. The van der Waals surface area contributed by atoms with Gasteiger partial charge in [-0.15, -0.1) is 0 Å². The van der Waals surface area contributed by atoms with Crippen LogP contribution in [0.5, 0.6) is 0 Å². The van der Waals surface area contributed by atoms with Crippen LogP contribution in [0.1, 0.15) is 23.6 Å². The maximum atomic E-state index is 12.8. The molecule has 2 amide bonds. The second-order valence-electron chi connectivity index (χ2n) is 8.60. The van der Waals surface area contributed by atoms with Gasteiger partial charge in [0.25, 0.3) is 5.91 Å². The van der Waals surface area contributed by atoms with Crippen molar-refractivity contribution in [2.75, 3.05) is 30.5 Å². The number of benzene rings is 3. The Morgan fingerprint density at radius 1 is 0.972 bits per heavy atom. The lowest BCUT2D eigenvalue weighted by Gasteiger charge is -2.23. The monoisotopic (exact) mass is 484 g/mol. The molecule has 1 aliphatic heterocycles. The Hall–Kier alpha value is -4.46. The largest absolute Gasteiger partial charge is 0.451 e. The average Bonchev–Trinajstić information content (AvgIpc) is 3.35. The summed E-state index contributed by atoms with van der Waals surface area (Å²) in [5.74, 6) is -1.48. The summed E-state index contributed by atoms with van der Waals surface area (Å²) in [5, 5.41) is 9.07. The second-order valence-corrected chi connectivity index (χ2v) is 8.60. The first-order valence-electron chi connectivity index (χ1n) is 11.6. The van der Waals surface area contributed by atoms with Crippen LogP contribution in [0.15, 0.2) is 90.0 Å². The molecule has 0 aromatic heterocycles. The number of hydrazone groups is 1. The lowest BCUT2D eigenvalue weighted by atomic mass is 10.0. The van der Waals surface area contributed by atoms with Gasteiger partial charge in [-0.05, 0) is 36.8 Å². The Bertz CT molecular complexity index is 1240. The minimum atomic E-state index is -0.653. The molecule has 0 radical (unpaired) electrons. The summed E-state index contributed by atoms with van der Waals surface area (Å²) in [6.45, 7) is 1.31. The molecule has 8 nitrogen and oxygen atoms in total. The summed E-state index contributed by atoms with van der Waals surface area (Å²) in [5.41, 5.74) is 3.83. The first kappa shape index (κ1) is 24.7. The number of ether oxygens (including phenoxy) is 1. The molecular formula is C28H28N4O4. The molecular weight excluding hydrogens is 456 g/mol. The molecule has 0 fully saturated rings. The molecule has 1 atom stereocenters. The third kappa shape index (κ3) is 6.15. The van der Waals surface area contributed by atoms with Gasteiger partial charge in [0.15, 0.2) is 6.61 Å². The Labute approximate surface area is 210 Å². The number of rotatable bonds is 8. The van der Waals surface area contributed by atoms with Gasteiger partial charge in [-0.25, -0.2) is 4.79 Å². The zero-order valence-electron chi connectivity index (χ0n) is 20.3. The highest BCUT2D eigenvalue weighted by atomic mass is 16.5. The van der Waals surface area contributed by atoms with E-state index in [0.29, 0.717) is 12.1 Å². The van der Waals surface area contributed by atoms with Crippen LogP contribution in [0.3, 0.4) is 0 Å². The first-order valence-corrected chi connectivity index (χ1v) is 11.6. The quantitative estimate of drug-likeness (QED) is 0.489. The molecule has 8 heteroatoms. The van der Waals surface area contributed by atoms with Crippen LogP contribution >= 0.6 is 0 Å². The van der Waals surface area contributed by atoms with Gasteiger partial charge in [0.2, 0.25) is 5.91 Å². The highest BCUT2D eigenvalue weighted by Gasteiger charge is 2.33. The fourth-order valence-electron chi connectivity index (χ4n) is 3.85. The lowest BCUT2D eigenvalue weighted by molar-refractivity contribution is -0.146. The van der Waals surface area contributed by atoms with Crippen LogP contribution in [-0.4, -0.2) is 48.6 Å². The molecule has 1 aliphatic rings. The molecule has 36 heavy (non-hydrogen) atoms. The van der Waals surface area contributed by atoms with E-state index >= 15 is 0 Å². The van der Waals surface area contributed by atoms with Crippen molar-refractivity contribution in [3.8, 4) is 0 Å². The molecule has 3 aromatic rings. The number of nitrogens with one attached hydrogen (secondary N) is 1. The van der Waals surface area contributed by atoms with Gasteiger partial charge in [0.05, 0.1) is 18.3 Å². The van der Waals surface area contributed by atoms with Gasteiger partial charge in [-0.1, -0.05) is 66.2 Å². The summed E-state index contributed by atoms with van der Waals surface area (Å²) < 4.78 is 5.27. The van der Waals surface area contributed by atoms with Crippen LogP contribution in [0.4, 0.5) is 11.4 Å². The molecule has 4 rings (SSSR count). The summed E-state index contributed by atoms with van der Waals surface area (Å²) >= 11 is 0. The van der Waals surface area contributed by atoms with Gasteiger partial charge in [0.1, 0.15) is 5.71 Å². The summed E-state index contributed by atoms with van der Waals surface area (Å²) in [7, 11) is 1.49. The number of amides is 2.